The molecule has 158 valence electrons. The van der Waals surface area contributed by atoms with Crippen molar-refractivity contribution in [3.63, 3.8) is 0 Å². The molecule has 0 unspecified atom stereocenters. The van der Waals surface area contributed by atoms with Crippen LogP contribution in [0.3, 0.4) is 0 Å². The maximum Gasteiger partial charge on any atom is 0.163 e. The van der Waals surface area contributed by atoms with Crippen molar-refractivity contribution in [2.45, 2.75) is 64.4 Å². The molecule has 2 atom stereocenters. The minimum absolute atomic E-state index is 0.00153. The van der Waals surface area contributed by atoms with Crippen molar-refractivity contribution in [2.24, 2.45) is 5.92 Å². The number of allylic oxidation sites excluding steroid dienone is 1. The number of hydrogen-bond donors (Lipinski definition) is 3. The Morgan fingerprint density at radius 3 is 2.54 bits per heavy atom. The summed E-state index contributed by atoms with van der Waals surface area (Å²) in [6.45, 7) is 5.23. The minimum atomic E-state index is -3.46. The van der Waals surface area contributed by atoms with Crippen LogP contribution < -0.4 is 0 Å². The summed E-state index contributed by atoms with van der Waals surface area (Å²) in [5, 5.41) is 28.6. The lowest BCUT2D eigenvalue weighted by Gasteiger charge is -2.20. The molecule has 2 heterocycles. The van der Waals surface area contributed by atoms with Gasteiger partial charge in [-0.1, -0.05) is 32.8 Å². The average Bonchev–Trinajstić information content (AvgIpc) is 3.20. The van der Waals surface area contributed by atoms with E-state index in [-0.39, 0.29) is 18.3 Å². The lowest BCUT2D eigenvalue weighted by molar-refractivity contribution is 0.187. The van der Waals surface area contributed by atoms with Crippen LogP contribution in [-0.4, -0.2) is 47.5 Å². The van der Waals surface area contributed by atoms with E-state index in [1.54, 1.807) is 12.1 Å². The van der Waals surface area contributed by atoms with Gasteiger partial charge in [-0.15, -0.1) is 0 Å². The van der Waals surface area contributed by atoms with Gasteiger partial charge in [0.25, 0.3) is 0 Å². The Morgan fingerprint density at radius 1 is 1.29 bits per heavy atom. The SMILES string of the molecule is CCC/C(=C\c1ccc(CO)o1)CC[C@@H](O)C1=C(C(C)C)CS(=O)(=O)[C@H]1CO. The highest BCUT2D eigenvalue weighted by Gasteiger charge is 2.41. The van der Waals surface area contributed by atoms with Crippen molar-refractivity contribution in [1.82, 2.24) is 0 Å². The van der Waals surface area contributed by atoms with Crippen molar-refractivity contribution < 1.29 is 28.2 Å². The Bertz CT molecular complexity index is 816. The molecule has 0 radical (unpaired) electrons. The zero-order valence-electron chi connectivity index (χ0n) is 16.9. The molecule has 0 saturated heterocycles. The first kappa shape index (κ1) is 22.9. The molecular formula is C21H32O6S. The molecular weight excluding hydrogens is 380 g/mol. The van der Waals surface area contributed by atoms with E-state index in [0.717, 1.165) is 24.0 Å². The van der Waals surface area contributed by atoms with Crippen molar-refractivity contribution in [1.29, 1.82) is 0 Å². The minimum Gasteiger partial charge on any atom is -0.459 e. The van der Waals surface area contributed by atoms with E-state index in [9.17, 15) is 18.6 Å². The van der Waals surface area contributed by atoms with Crippen LogP contribution in [0, 0.1) is 5.92 Å². The van der Waals surface area contributed by atoms with E-state index in [2.05, 4.69) is 6.92 Å². The molecule has 28 heavy (non-hydrogen) atoms. The van der Waals surface area contributed by atoms with Crippen LogP contribution in [0.4, 0.5) is 0 Å². The maximum atomic E-state index is 12.4. The summed E-state index contributed by atoms with van der Waals surface area (Å²) >= 11 is 0. The summed E-state index contributed by atoms with van der Waals surface area (Å²) in [4.78, 5) is 0. The van der Waals surface area contributed by atoms with Gasteiger partial charge in [-0.2, -0.15) is 0 Å². The van der Waals surface area contributed by atoms with E-state index < -0.39 is 27.8 Å². The number of furan rings is 1. The normalized spacial score (nSPS) is 21.0. The van der Waals surface area contributed by atoms with Crippen LogP contribution in [0.5, 0.6) is 0 Å². The van der Waals surface area contributed by atoms with E-state index in [0.29, 0.717) is 29.9 Å². The second-order valence-corrected chi connectivity index (χ2v) is 9.87. The van der Waals surface area contributed by atoms with Crippen molar-refractivity contribution in [3.05, 3.63) is 40.4 Å². The number of sulfone groups is 1. The van der Waals surface area contributed by atoms with Gasteiger partial charge in [0.15, 0.2) is 9.84 Å². The second-order valence-electron chi connectivity index (χ2n) is 7.68. The van der Waals surface area contributed by atoms with Gasteiger partial charge >= 0.3 is 0 Å². The molecule has 1 aliphatic heterocycles. The molecule has 0 amide bonds. The summed E-state index contributed by atoms with van der Waals surface area (Å²) in [5.74, 6) is 1.06. The van der Waals surface area contributed by atoms with Crippen LogP contribution in [-0.2, 0) is 16.4 Å². The van der Waals surface area contributed by atoms with Crippen molar-refractivity contribution in [3.8, 4) is 0 Å². The summed E-state index contributed by atoms with van der Waals surface area (Å²) in [6.07, 6.45) is 3.76. The van der Waals surface area contributed by atoms with Gasteiger partial charge in [0, 0.05) is 0 Å². The third-order valence-corrected chi connectivity index (χ3v) is 7.21. The fourth-order valence-electron chi connectivity index (χ4n) is 3.77. The summed E-state index contributed by atoms with van der Waals surface area (Å²) in [6, 6.07) is 3.52. The quantitative estimate of drug-likeness (QED) is 0.510. The lowest BCUT2D eigenvalue weighted by Crippen LogP contribution is -2.29. The first-order valence-electron chi connectivity index (χ1n) is 9.85. The van der Waals surface area contributed by atoms with Crippen LogP contribution in [0.1, 0.15) is 58.0 Å². The molecule has 0 aromatic carbocycles. The average molecular weight is 413 g/mol. The van der Waals surface area contributed by atoms with Crippen LogP contribution in [0.25, 0.3) is 6.08 Å². The molecule has 1 aromatic rings. The standard InChI is InChI=1S/C21H32O6S/c1-4-5-15(10-16-7-8-17(11-22)27-16)6-9-19(24)21-18(14(2)3)13-28(25,26)20(21)12-23/h7-8,10,14,19-20,22-24H,4-6,9,11-13H2,1-3H3/b15-10+/t19-,20+/m1/s1. The summed E-state index contributed by atoms with van der Waals surface area (Å²) < 4.78 is 30.3. The maximum absolute atomic E-state index is 12.4. The third kappa shape index (κ3) is 5.35. The third-order valence-electron chi connectivity index (χ3n) is 5.22. The molecule has 0 fully saturated rings. The molecule has 3 N–H and O–H groups in total. The van der Waals surface area contributed by atoms with Gasteiger partial charge in [-0.3, -0.25) is 0 Å². The smallest absolute Gasteiger partial charge is 0.163 e. The number of aliphatic hydroxyl groups is 3. The van der Waals surface area contributed by atoms with Gasteiger partial charge in [0.05, 0.1) is 18.5 Å². The molecule has 6 nitrogen and oxygen atoms in total. The van der Waals surface area contributed by atoms with E-state index in [1.165, 1.54) is 0 Å². The predicted molar refractivity (Wildman–Crippen MR) is 109 cm³/mol. The van der Waals surface area contributed by atoms with E-state index in [1.807, 2.05) is 19.9 Å². The Kier molecular flexibility index (Phi) is 8.07. The Labute approximate surface area is 167 Å². The van der Waals surface area contributed by atoms with Gasteiger partial charge in [-0.05, 0) is 54.5 Å². The van der Waals surface area contributed by atoms with Crippen LogP contribution in [0.2, 0.25) is 0 Å². The van der Waals surface area contributed by atoms with Gasteiger partial charge in [0.2, 0.25) is 0 Å². The lowest BCUT2D eigenvalue weighted by atomic mass is 9.90. The van der Waals surface area contributed by atoms with Crippen LogP contribution in [0.15, 0.2) is 33.3 Å². The molecule has 0 bridgehead atoms. The molecule has 7 heteroatoms. The van der Waals surface area contributed by atoms with E-state index >= 15 is 0 Å². The highest BCUT2D eigenvalue weighted by molar-refractivity contribution is 7.92. The first-order chi connectivity index (χ1) is 13.2. The highest BCUT2D eigenvalue weighted by Crippen LogP contribution is 2.35. The summed E-state index contributed by atoms with van der Waals surface area (Å²) in [5.41, 5.74) is 2.30. The largest absolute Gasteiger partial charge is 0.459 e. The predicted octanol–water partition coefficient (Wildman–Crippen LogP) is 2.84. The fourth-order valence-corrected chi connectivity index (χ4v) is 5.82. The Hall–Kier alpha value is -1.41. The molecule has 0 spiro atoms. The number of hydrogen-bond acceptors (Lipinski definition) is 6. The topological polar surface area (TPSA) is 108 Å². The van der Waals surface area contributed by atoms with Crippen LogP contribution >= 0.6 is 0 Å². The molecule has 1 aromatic heterocycles. The van der Waals surface area contributed by atoms with Crippen molar-refractivity contribution >= 4 is 15.9 Å². The van der Waals surface area contributed by atoms with Gasteiger partial charge < -0.3 is 19.7 Å². The molecule has 0 saturated carbocycles. The molecule has 1 aliphatic rings. The monoisotopic (exact) mass is 412 g/mol. The second kappa shape index (κ2) is 9.87. The fraction of sp³-hybridized carbons (Fsp3) is 0.619. The van der Waals surface area contributed by atoms with E-state index in [4.69, 9.17) is 9.52 Å². The first-order valence-corrected chi connectivity index (χ1v) is 11.6. The number of rotatable bonds is 10. The zero-order valence-corrected chi connectivity index (χ0v) is 17.7. The number of aliphatic hydroxyl groups excluding tert-OH is 3. The summed E-state index contributed by atoms with van der Waals surface area (Å²) in [7, 11) is -3.46. The Balaban J connectivity index is 2.18. The Morgan fingerprint density at radius 2 is 2.00 bits per heavy atom. The van der Waals surface area contributed by atoms with Gasteiger partial charge in [0.1, 0.15) is 23.4 Å². The molecule has 2 rings (SSSR count). The van der Waals surface area contributed by atoms with Crippen molar-refractivity contribution in [2.75, 3.05) is 12.4 Å². The zero-order chi connectivity index (χ0) is 20.9. The highest BCUT2D eigenvalue weighted by atomic mass is 32.2. The molecule has 0 aliphatic carbocycles. The van der Waals surface area contributed by atoms with Gasteiger partial charge in [-0.25, -0.2) is 8.42 Å².